The molecule has 0 N–H and O–H groups in total. The summed E-state index contributed by atoms with van der Waals surface area (Å²) in [5.41, 5.74) is 2.19. The summed E-state index contributed by atoms with van der Waals surface area (Å²) in [4.78, 5) is 28.9. The van der Waals surface area contributed by atoms with Gasteiger partial charge >= 0.3 is 5.97 Å². The van der Waals surface area contributed by atoms with Gasteiger partial charge in [-0.05, 0) is 43.7 Å². The number of rotatable bonds is 4. The molecule has 6 heteroatoms. The number of ketones is 1. The molecule has 3 aromatic rings. The minimum Gasteiger partial charge on any atom is -0.454 e. The number of para-hydroxylation sites is 1. The van der Waals surface area contributed by atoms with Gasteiger partial charge in [0, 0.05) is 10.9 Å². The second kappa shape index (κ2) is 7.00. The molecule has 0 aliphatic heterocycles. The molecule has 0 unspecified atom stereocenters. The van der Waals surface area contributed by atoms with Gasteiger partial charge in [-0.25, -0.2) is 13.6 Å². The fraction of sp³-hybridized carbons (Fsp3) is 0.150. The Morgan fingerprint density at radius 3 is 2.50 bits per heavy atom. The van der Waals surface area contributed by atoms with Gasteiger partial charge in [-0.3, -0.25) is 9.78 Å². The predicted octanol–water partition coefficient (Wildman–Crippen LogP) is 4.17. The summed E-state index contributed by atoms with van der Waals surface area (Å²) in [7, 11) is 0. The first kappa shape index (κ1) is 17.7. The van der Waals surface area contributed by atoms with Crippen LogP contribution in [0.2, 0.25) is 0 Å². The van der Waals surface area contributed by atoms with Crippen LogP contribution in [0.3, 0.4) is 0 Å². The molecule has 26 heavy (non-hydrogen) atoms. The highest BCUT2D eigenvalue weighted by molar-refractivity contribution is 6.01. The van der Waals surface area contributed by atoms with Crippen LogP contribution in [0.5, 0.6) is 0 Å². The van der Waals surface area contributed by atoms with Crippen molar-refractivity contribution in [1.29, 1.82) is 0 Å². The number of aryl methyl sites for hydroxylation is 2. The monoisotopic (exact) mass is 355 g/mol. The van der Waals surface area contributed by atoms with E-state index in [1.807, 2.05) is 24.3 Å². The Morgan fingerprint density at radius 2 is 1.77 bits per heavy atom. The van der Waals surface area contributed by atoms with Gasteiger partial charge in [0.2, 0.25) is 0 Å². The molecule has 1 aromatic heterocycles. The van der Waals surface area contributed by atoms with Gasteiger partial charge in [0.05, 0.1) is 16.8 Å². The molecule has 0 spiro atoms. The third-order valence-corrected chi connectivity index (χ3v) is 4.11. The van der Waals surface area contributed by atoms with Crippen molar-refractivity contribution < 1.29 is 23.1 Å². The van der Waals surface area contributed by atoms with E-state index in [1.165, 1.54) is 0 Å². The van der Waals surface area contributed by atoms with Crippen molar-refractivity contribution in [2.45, 2.75) is 13.8 Å². The second-order valence-corrected chi connectivity index (χ2v) is 5.84. The summed E-state index contributed by atoms with van der Waals surface area (Å²) in [6, 6.07) is 10.2. The summed E-state index contributed by atoms with van der Waals surface area (Å²) in [6.07, 6.45) is 0. The van der Waals surface area contributed by atoms with Crippen molar-refractivity contribution in [2.75, 3.05) is 6.61 Å². The SMILES string of the molecule is Cc1nc2ccccc2c(C)c1C(=O)OCC(=O)c1ccc(F)c(F)c1. The second-order valence-electron chi connectivity index (χ2n) is 5.84. The number of esters is 1. The highest BCUT2D eigenvalue weighted by Crippen LogP contribution is 2.23. The molecule has 0 aliphatic carbocycles. The van der Waals surface area contributed by atoms with E-state index in [-0.39, 0.29) is 5.56 Å². The van der Waals surface area contributed by atoms with Gasteiger partial charge in [-0.1, -0.05) is 18.2 Å². The van der Waals surface area contributed by atoms with E-state index in [4.69, 9.17) is 4.74 Å². The minimum atomic E-state index is -1.13. The van der Waals surface area contributed by atoms with Gasteiger partial charge in [0.25, 0.3) is 0 Å². The molecule has 1 heterocycles. The van der Waals surface area contributed by atoms with Crippen LogP contribution >= 0.6 is 0 Å². The quantitative estimate of drug-likeness (QED) is 0.521. The van der Waals surface area contributed by atoms with Crippen LogP contribution < -0.4 is 0 Å². The Hall–Kier alpha value is -3.15. The molecule has 0 amide bonds. The molecule has 0 atom stereocenters. The summed E-state index contributed by atoms with van der Waals surface area (Å²) in [6.45, 7) is 2.90. The van der Waals surface area contributed by atoms with E-state index < -0.39 is 30.0 Å². The Kier molecular flexibility index (Phi) is 4.75. The van der Waals surface area contributed by atoms with Crippen molar-refractivity contribution in [3.8, 4) is 0 Å². The van der Waals surface area contributed by atoms with Crippen LogP contribution in [-0.4, -0.2) is 23.3 Å². The van der Waals surface area contributed by atoms with Crippen LogP contribution in [-0.2, 0) is 4.74 Å². The molecule has 0 aliphatic rings. The number of carbonyl (C=O) groups is 2. The lowest BCUT2D eigenvalue weighted by molar-refractivity contribution is 0.0473. The molecule has 3 rings (SSSR count). The number of Topliss-reactive ketones (excluding diaryl/α,β-unsaturated/α-hetero) is 1. The fourth-order valence-electron chi connectivity index (χ4n) is 2.79. The Balaban J connectivity index is 1.81. The maximum absolute atomic E-state index is 13.2. The van der Waals surface area contributed by atoms with Crippen LogP contribution in [0.25, 0.3) is 10.9 Å². The number of carbonyl (C=O) groups excluding carboxylic acids is 2. The number of pyridine rings is 1. The molecule has 0 radical (unpaired) electrons. The normalized spacial score (nSPS) is 10.8. The van der Waals surface area contributed by atoms with E-state index in [0.29, 0.717) is 16.8 Å². The van der Waals surface area contributed by atoms with E-state index in [9.17, 15) is 18.4 Å². The molecule has 0 saturated carbocycles. The van der Waals surface area contributed by atoms with Crippen molar-refractivity contribution in [1.82, 2.24) is 4.98 Å². The van der Waals surface area contributed by atoms with E-state index >= 15 is 0 Å². The Labute approximate surface area is 148 Å². The summed E-state index contributed by atoms with van der Waals surface area (Å²) in [5, 5.41) is 0.817. The number of aromatic nitrogens is 1. The van der Waals surface area contributed by atoms with Gasteiger partial charge in [0.15, 0.2) is 24.0 Å². The number of halogens is 2. The zero-order valence-electron chi connectivity index (χ0n) is 14.2. The van der Waals surface area contributed by atoms with Crippen LogP contribution in [0, 0.1) is 25.5 Å². The van der Waals surface area contributed by atoms with E-state index in [0.717, 1.165) is 29.1 Å². The standard InChI is InChI=1S/C20H15F2NO3/c1-11-14-5-3-4-6-17(14)23-12(2)19(11)20(25)26-10-18(24)13-7-8-15(21)16(22)9-13/h3-9H,10H2,1-2H3. The first-order valence-corrected chi connectivity index (χ1v) is 7.90. The van der Waals surface area contributed by atoms with E-state index in [1.54, 1.807) is 13.8 Å². The Morgan fingerprint density at radius 1 is 1.04 bits per heavy atom. The van der Waals surface area contributed by atoms with Crippen LogP contribution in [0.1, 0.15) is 32.0 Å². The Bertz CT molecular complexity index is 1030. The lowest BCUT2D eigenvalue weighted by Gasteiger charge is -2.12. The number of benzene rings is 2. The van der Waals surface area contributed by atoms with Gasteiger partial charge < -0.3 is 4.74 Å². The van der Waals surface area contributed by atoms with Crippen molar-refractivity contribution >= 4 is 22.7 Å². The minimum absolute atomic E-state index is 0.0678. The molecular weight excluding hydrogens is 340 g/mol. The first-order chi connectivity index (χ1) is 12.4. The van der Waals surface area contributed by atoms with Crippen LogP contribution in [0.15, 0.2) is 42.5 Å². The van der Waals surface area contributed by atoms with Crippen LogP contribution in [0.4, 0.5) is 8.78 Å². The predicted molar refractivity (Wildman–Crippen MR) is 92.2 cm³/mol. The lowest BCUT2D eigenvalue weighted by atomic mass is 10.0. The highest BCUT2D eigenvalue weighted by Gasteiger charge is 2.19. The molecule has 132 valence electrons. The molecule has 4 nitrogen and oxygen atoms in total. The molecule has 0 saturated heterocycles. The summed E-state index contributed by atoms with van der Waals surface area (Å²) < 4.78 is 31.2. The topological polar surface area (TPSA) is 56.3 Å². The highest BCUT2D eigenvalue weighted by atomic mass is 19.2. The maximum Gasteiger partial charge on any atom is 0.340 e. The fourth-order valence-corrected chi connectivity index (χ4v) is 2.79. The lowest BCUT2D eigenvalue weighted by Crippen LogP contribution is -2.17. The smallest absolute Gasteiger partial charge is 0.340 e. The number of hydrogen-bond acceptors (Lipinski definition) is 4. The molecule has 0 bridgehead atoms. The summed E-state index contributed by atoms with van der Waals surface area (Å²) in [5.74, 6) is -3.49. The molecular formula is C20H15F2NO3. The number of fused-ring (bicyclic) bond motifs is 1. The summed E-state index contributed by atoms with van der Waals surface area (Å²) >= 11 is 0. The van der Waals surface area contributed by atoms with E-state index in [2.05, 4.69) is 4.98 Å². The van der Waals surface area contributed by atoms with Crippen molar-refractivity contribution in [3.05, 3.63) is 76.5 Å². The molecule has 0 fully saturated rings. The molecule has 2 aromatic carbocycles. The van der Waals surface area contributed by atoms with Gasteiger partial charge in [-0.2, -0.15) is 0 Å². The average molecular weight is 355 g/mol. The first-order valence-electron chi connectivity index (χ1n) is 7.90. The zero-order valence-corrected chi connectivity index (χ0v) is 14.2. The number of hydrogen-bond donors (Lipinski definition) is 0. The van der Waals surface area contributed by atoms with Crippen molar-refractivity contribution in [3.63, 3.8) is 0 Å². The largest absolute Gasteiger partial charge is 0.454 e. The maximum atomic E-state index is 13.2. The third kappa shape index (κ3) is 3.31. The average Bonchev–Trinajstić information content (AvgIpc) is 2.62. The number of nitrogens with zero attached hydrogens (tertiary/aromatic N) is 1. The number of ether oxygens (including phenoxy) is 1. The zero-order chi connectivity index (χ0) is 18.8. The van der Waals surface area contributed by atoms with Gasteiger partial charge in [0.1, 0.15) is 0 Å². The third-order valence-electron chi connectivity index (χ3n) is 4.11. The van der Waals surface area contributed by atoms with Gasteiger partial charge in [-0.15, -0.1) is 0 Å². The van der Waals surface area contributed by atoms with Crippen molar-refractivity contribution in [2.24, 2.45) is 0 Å².